The lowest BCUT2D eigenvalue weighted by Crippen LogP contribution is -2.21. The number of anilines is 1. The molecule has 3 heteroatoms. The lowest BCUT2D eigenvalue weighted by atomic mass is 10.2. The summed E-state index contributed by atoms with van der Waals surface area (Å²) in [5, 5.41) is 3.40. The van der Waals surface area contributed by atoms with Gasteiger partial charge in [0.2, 0.25) is 5.95 Å². The van der Waals surface area contributed by atoms with Gasteiger partial charge in [-0.15, -0.1) is 0 Å². The van der Waals surface area contributed by atoms with Crippen LogP contribution in [-0.2, 0) is 0 Å². The fraction of sp³-hybridized carbons (Fsp3) is 0.600. The lowest BCUT2D eigenvalue weighted by Gasteiger charge is -2.14. The predicted octanol–water partition coefficient (Wildman–Crippen LogP) is 2.14. The maximum absolute atomic E-state index is 4.32. The Kier molecular flexibility index (Phi) is 1.94. The average molecular weight is 177 g/mol. The van der Waals surface area contributed by atoms with Crippen LogP contribution in [0.1, 0.15) is 31.9 Å². The third kappa shape index (κ3) is 1.79. The molecule has 0 aromatic carbocycles. The molecule has 1 N–H and O–H groups in total. The van der Waals surface area contributed by atoms with Crippen LogP contribution in [0.4, 0.5) is 5.95 Å². The van der Waals surface area contributed by atoms with E-state index in [1.54, 1.807) is 6.20 Å². The summed E-state index contributed by atoms with van der Waals surface area (Å²) < 4.78 is 0. The number of aromatic nitrogens is 2. The summed E-state index contributed by atoms with van der Waals surface area (Å²) in [5.74, 6) is 0.777. The molecule has 0 radical (unpaired) electrons. The van der Waals surface area contributed by atoms with Gasteiger partial charge in [-0.1, -0.05) is 6.92 Å². The first-order valence-electron chi connectivity index (χ1n) is 4.82. The number of nitrogens with one attached hydrogen (secondary N) is 1. The summed E-state index contributed by atoms with van der Waals surface area (Å²) in [6, 6.07) is 1.91. The van der Waals surface area contributed by atoms with Crippen LogP contribution in [0.3, 0.4) is 0 Å². The van der Waals surface area contributed by atoms with Crippen molar-refractivity contribution in [1.82, 2.24) is 9.97 Å². The van der Waals surface area contributed by atoms with Gasteiger partial charge in [0.15, 0.2) is 0 Å². The molecule has 0 spiro atoms. The smallest absolute Gasteiger partial charge is 0.223 e. The van der Waals surface area contributed by atoms with E-state index in [0.29, 0.717) is 5.54 Å². The summed E-state index contributed by atoms with van der Waals surface area (Å²) in [6.07, 6.45) is 5.46. The average Bonchev–Trinajstić information content (AvgIpc) is 2.86. The first-order valence-corrected chi connectivity index (χ1v) is 4.82. The Balaban J connectivity index is 2.09. The van der Waals surface area contributed by atoms with E-state index in [0.717, 1.165) is 18.1 Å². The quantitative estimate of drug-likeness (QED) is 0.768. The summed E-state index contributed by atoms with van der Waals surface area (Å²) >= 11 is 0. The van der Waals surface area contributed by atoms with Crippen LogP contribution in [0.5, 0.6) is 0 Å². The highest BCUT2D eigenvalue weighted by Crippen LogP contribution is 2.40. The minimum Gasteiger partial charge on any atom is -0.349 e. The van der Waals surface area contributed by atoms with E-state index in [9.17, 15) is 0 Å². The minimum atomic E-state index is 0.313. The van der Waals surface area contributed by atoms with E-state index in [2.05, 4.69) is 22.2 Å². The van der Waals surface area contributed by atoms with Gasteiger partial charge in [0.1, 0.15) is 0 Å². The van der Waals surface area contributed by atoms with E-state index in [1.807, 2.05) is 13.0 Å². The molecular weight excluding hydrogens is 162 g/mol. The molecule has 1 aliphatic rings. The monoisotopic (exact) mass is 177 g/mol. The molecule has 1 heterocycles. The topological polar surface area (TPSA) is 37.8 Å². The van der Waals surface area contributed by atoms with Gasteiger partial charge in [-0.2, -0.15) is 0 Å². The van der Waals surface area contributed by atoms with Crippen molar-refractivity contribution in [1.29, 1.82) is 0 Å². The number of hydrogen-bond acceptors (Lipinski definition) is 3. The van der Waals surface area contributed by atoms with Crippen LogP contribution >= 0.6 is 0 Å². The first kappa shape index (κ1) is 8.48. The summed E-state index contributed by atoms with van der Waals surface area (Å²) in [7, 11) is 0. The fourth-order valence-corrected chi connectivity index (χ4v) is 1.46. The molecule has 1 saturated carbocycles. The summed E-state index contributed by atoms with van der Waals surface area (Å²) in [4.78, 5) is 8.51. The van der Waals surface area contributed by atoms with Gasteiger partial charge in [-0.25, -0.2) is 9.97 Å². The van der Waals surface area contributed by atoms with E-state index in [4.69, 9.17) is 0 Å². The predicted molar refractivity (Wildman–Crippen MR) is 52.6 cm³/mol. The fourth-order valence-electron chi connectivity index (χ4n) is 1.46. The maximum Gasteiger partial charge on any atom is 0.223 e. The lowest BCUT2D eigenvalue weighted by molar-refractivity contribution is 0.691. The van der Waals surface area contributed by atoms with Crippen molar-refractivity contribution >= 4 is 5.95 Å². The Labute approximate surface area is 78.6 Å². The number of rotatable bonds is 3. The molecule has 70 valence electrons. The van der Waals surface area contributed by atoms with E-state index < -0.39 is 0 Å². The molecule has 2 rings (SSSR count). The second kappa shape index (κ2) is 2.98. The molecule has 1 fully saturated rings. The Morgan fingerprint density at radius 1 is 1.54 bits per heavy atom. The molecular formula is C10H15N3. The van der Waals surface area contributed by atoms with Crippen molar-refractivity contribution in [3.05, 3.63) is 18.0 Å². The van der Waals surface area contributed by atoms with Gasteiger partial charge in [-0.05, 0) is 32.3 Å². The maximum atomic E-state index is 4.32. The SMILES string of the molecule is CCC1(Nc2nccc(C)n2)CC1. The van der Waals surface area contributed by atoms with Gasteiger partial charge in [0.05, 0.1) is 0 Å². The van der Waals surface area contributed by atoms with Crippen molar-refractivity contribution in [2.45, 2.75) is 38.6 Å². The van der Waals surface area contributed by atoms with Crippen molar-refractivity contribution < 1.29 is 0 Å². The second-order valence-electron chi connectivity index (χ2n) is 3.78. The largest absolute Gasteiger partial charge is 0.349 e. The van der Waals surface area contributed by atoms with E-state index in [1.165, 1.54) is 12.8 Å². The van der Waals surface area contributed by atoms with Gasteiger partial charge in [-0.3, -0.25) is 0 Å². The molecule has 1 aromatic heterocycles. The summed E-state index contributed by atoms with van der Waals surface area (Å²) in [5.41, 5.74) is 1.33. The first-order chi connectivity index (χ1) is 6.24. The Morgan fingerprint density at radius 3 is 2.85 bits per heavy atom. The molecule has 0 aliphatic heterocycles. The minimum absolute atomic E-state index is 0.313. The van der Waals surface area contributed by atoms with Crippen LogP contribution in [0, 0.1) is 6.92 Å². The van der Waals surface area contributed by atoms with Crippen LogP contribution < -0.4 is 5.32 Å². The zero-order chi connectivity index (χ0) is 9.31. The van der Waals surface area contributed by atoms with E-state index >= 15 is 0 Å². The third-order valence-electron chi connectivity index (χ3n) is 2.70. The van der Waals surface area contributed by atoms with Gasteiger partial charge < -0.3 is 5.32 Å². The second-order valence-corrected chi connectivity index (χ2v) is 3.78. The molecule has 13 heavy (non-hydrogen) atoms. The van der Waals surface area contributed by atoms with Crippen molar-refractivity contribution in [3.8, 4) is 0 Å². The van der Waals surface area contributed by atoms with Crippen LogP contribution in [-0.4, -0.2) is 15.5 Å². The Morgan fingerprint density at radius 2 is 2.31 bits per heavy atom. The molecule has 0 bridgehead atoms. The Hall–Kier alpha value is -1.12. The van der Waals surface area contributed by atoms with Gasteiger partial charge in [0, 0.05) is 17.4 Å². The standard InChI is InChI=1S/C10H15N3/c1-3-10(5-6-10)13-9-11-7-4-8(2)12-9/h4,7H,3,5-6H2,1-2H3,(H,11,12,13). The van der Waals surface area contributed by atoms with Gasteiger partial charge in [0.25, 0.3) is 0 Å². The third-order valence-corrected chi connectivity index (χ3v) is 2.70. The number of nitrogens with zero attached hydrogens (tertiary/aromatic N) is 2. The molecule has 1 aliphatic carbocycles. The van der Waals surface area contributed by atoms with Crippen LogP contribution in [0.2, 0.25) is 0 Å². The number of hydrogen-bond donors (Lipinski definition) is 1. The van der Waals surface area contributed by atoms with Crippen molar-refractivity contribution in [3.63, 3.8) is 0 Å². The molecule has 0 unspecified atom stereocenters. The normalized spacial score (nSPS) is 18.3. The van der Waals surface area contributed by atoms with Crippen LogP contribution in [0.25, 0.3) is 0 Å². The molecule has 0 saturated heterocycles. The molecule has 0 amide bonds. The van der Waals surface area contributed by atoms with Gasteiger partial charge >= 0.3 is 0 Å². The summed E-state index contributed by atoms with van der Waals surface area (Å²) in [6.45, 7) is 4.19. The van der Waals surface area contributed by atoms with Crippen LogP contribution in [0.15, 0.2) is 12.3 Å². The van der Waals surface area contributed by atoms with Crippen molar-refractivity contribution in [2.24, 2.45) is 0 Å². The molecule has 3 nitrogen and oxygen atoms in total. The number of aryl methyl sites for hydroxylation is 1. The highest BCUT2D eigenvalue weighted by atomic mass is 15.2. The Bertz CT molecular complexity index is 305. The zero-order valence-corrected chi connectivity index (χ0v) is 8.17. The zero-order valence-electron chi connectivity index (χ0n) is 8.17. The highest BCUT2D eigenvalue weighted by Gasteiger charge is 2.41. The highest BCUT2D eigenvalue weighted by molar-refractivity contribution is 5.33. The van der Waals surface area contributed by atoms with Crippen molar-refractivity contribution in [2.75, 3.05) is 5.32 Å². The molecule has 0 atom stereocenters. The molecule has 1 aromatic rings. The van der Waals surface area contributed by atoms with E-state index in [-0.39, 0.29) is 0 Å².